The molecular formula is C18H19N5O2S. The fourth-order valence-corrected chi connectivity index (χ4v) is 3.10. The lowest BCUT2D eigenvalue weighted by atomic mass is 10.2. The van der Waals surface area contributed by atoms with Gasteiger partial charge in [0.2, 0.25) is 11.1 Å². The van der Waals surface area contributed by atoms with Gasteiger partial charge in [-0.15, -0.1) is 5.10 Å². The van der Waals surface area contributed by atoms with Crippen LogP contribution in [0, 0.1) is 6.92 Å². The number of hydrogen-bond acceptors (Lipinski definition) is 6. The number of aromatic nitrogens is 4. The zero-order valence-corrected chi connectivity index (χ0v) is 15.5. The minimum atomic E-state index is -0.393. The molecule has 0 aliphatic carbocycles. The Balaban J connectivity index is 1.72. The first kappa shape index (κ1) is 17.9. The average Bonchev–Trinajstić information content (AvgIpc) is 3.10. The zero-order chi connectivity index (χ0) is 18.5. The molecule has 0 radical (unpaired) electrons. The highest BCUT2D eigenvalue weighted by atomic mass is 32.2. The van der Waals surface area contributed by atoms with Crippen molar-refractivity contribution in [1.29, 1.82) is 0 Å². The monoisotopic (exact) mass is 369 g/mol. The number of ether oxygens (including phenoxy) is 1. The van der Waals surface area contributed by atoms with Gasteiger partial charge in [-0.05, 0) is 48.5 Å². The lowest BCUT2D eigenvalue weighted by molar-refractivity contribution is -0.115. The number of nitrogens with zero attached hydrogens (tertiary/aromatic N) is 4. The zero-order valence-electron chi connectivity index (χ0n) is 14.7. The van der Waals surface area contributed by atoms with Gasteiger partial charge in [-0.2, -0.15) is 4.68 Å². The third-order valence-electron chi connectivity index (χ3n) is 3.74. The van der Waals surface area contributed by atoms with Crippen LogP contribution in [0.2, 0.25) is 0 Å². The first-order chi connectivity index (χ1) is 12.6. The van der Waals surface area contributed by atoms with E-state index in [1.165, 1.54) is 11.8 Å². The Bertz CT molecular complexity index is 895. The lowest BCUT2D eigenvalue weighted by Crippen LogP contribution is -2.23. The van der Waals surface area contributed by atoms with Gasteiger partial charge in [0.25, 0.3) is 0 Å². The third-order valence-corrected chi connectivity index (χ3v) is 4.77. The van der Waals surface area contributed by atoms with Gasteiger partial charge in [-0.25, -0.2) is 0 Å². The molecule has 0 aliphatic rings. The second kappa shape index (κ2) is 8.01. The summed E-state index contributed by atoms with van der Waals surface area (Å²) < 4.78 is 6.88. The maximum Gasteiger partial charge on any atom is 0.237 e. The van der Waals surface area contributed by atoms with Gasteiger partial charge in [0.1, 0.15) is 5.75 Å². The van der Waals surface area contributed by atoms with E-state index in [1.807, 2.05) is 50.2 Å². The van der Waals surface area contributed by atoms with Gasteiger partial charge in [0.05, 0.1) is 23.7 Å². The first-order valence-electron chi connectivity index (χ1n) is 8.04. The topological polar surface area (TPSA) is 81.9 Å². The molecule has 0 spiro atoms. The number of rotatable bonds is 6. The smallest absolute Gasteiger partial charge is 0.237 e. The molecule has 1 aromatic heterocycles. The summed E-state index contributed by atoms with van der Waals surface area (Å²) in [6.45, 7) is 3.83. The molecule has 3 rings (SSSR count). The number of thioether (sulfide) groups is 1. The number of hydrogen-bond donors (Lipinski definition) is 1. The molecule has 1 heterocycles. The van der Waals surface area contributed by atoms with Crippen LogP contribution in [0.15, 0.2) is 53.7 Å². The summed E-state index contributed by atoms with van der Waals surface area (Å²) in [5.74, 6) is 0.459. The van der Waals surface area contributed by atoms with Crippen LogP contribution in [-0.2, 0) is 4.79 Å². The fourth-order valence-electron chi connectivity index (χ4n) is 2.29. The van der Waals surface area contributed by atoms with Crippen LogP contribution >= 0.6 is 11.8 Å². The molecule has 2 aromatic carbocycles. The van der Waals surface area contributed by atoms with Gasteiger partial charge in [-0.1, -0.05) is 41.6 Å². The fraction of sp³-hybridized carbons (Fsp3) is 0.222. The average molecular weight is 369 g/mol. The van der Waals surface area contributed by atoms with E-state index in [-0.39, 0.29) is 5.91 Å². The quantitative estimate of drug-likeness (QED) is 0.673. The second-order valence-corrected chi connectivity index (χ2v) is 6.97. The summed E-state index contributed by atoms with van der Waals surface area (Å²) in [7, 11) is 1.57. The molecule has 0 aliphatic heterocycles. The molecule has 7 nitrogen and oxygen atoms in total. The van der Waals surface area contributed by atoms with E-state index in [1.54, 1.807) is 23.9 Å². The van der Waals surface area contributed by atoms with Crippen molar-refractivity contribution < 1.29 is 9.53 Å². The molecule has 134 valence electrons. The number of benzene rings is 2. The van der Waals surface area contributed by atoms with Gasteiger partial charge >= 0.3 is 0 Å². The van der Waals surface area contributed by atoms with Gasteiger partial charge in [-0.3, -0.25) is 4.79 Å². The molecule has 0 bridgehead atoms. The van der Waals surface area contributed by atoms with Gasteiger partial charge in [0.15, 0.2) is 0 Å². The third kappa shape index (κ3) is 4.02. The molecule has 0 unspecified atom stereocenters. The lowest BCUT2D eigenvalue weighted by Gasteiger charge is -2.13. The number of para-hydroxylation sites is 2. The highest BCUT2D eigenvalue weighted by Crippen LogP contribution is 2.27. The number of amides is 1. The van der Waals surface area contributed by atoms with Crippen LogP contribution in [0.5, 0.6) is 5.75 Å². The number of anilines is 1. The van der Waals surface area contributed by atoms with Crippen molar-refractivity contribution in [2.75, 3.05) is 12.4 Å². The predicted molar refractivity (Wildman–Crippen MR) is 101 cm³/mol. The van der Waals surface area contributed by atoms with Crippen molar-refractivity contribution in [3.8, 4) is 11.4 Å². The standard InChI is InChI=1S/C18H19N5O2S/c1-12-8-10-14(11-9-12)23-18(20-21-22-23)26-13(2)17(24)19-15-6-4-5-7-16(15)25-3/h4-11,13H,1-3H3,(H,19,24)/t13-/m1/s1. The molecule has 1 amide bonds. The van der Waals surface area contributed by atoms with Crippen molar-refractivity contribution >= 4 is 23.4 Å². The maximum absolute atomic E-state index is 12.5. The van der Waals surface area contributed by atoms with Crippen LogP contribution < -0.4 is 10.1 Å². The number of carbonyl (C=O) groups excluding carboxylic acids is 1. The Morgan fingerprint density at radius 3 is 2.65 bits per heavy atom. The minimum Gasteiger partial charge on any atom is -0.495 e. The summed E-state index contributed by atoms with van der Waals surface area (Å²) in [5, 5.41) is 14.8. The van der Waals surface area contributed by atoms with E-state index in [0.717, 1.165) is 11.3 Å². The summed E-state index contributed by atoms with van der Waals surface area (Å²) >= 11 is 1.29. The van der Waals surface area contributed by atoms with Crippen LogP contribution in [0.4, 0.5) is 5.69 Å². The van der Waals surface area contributed by atoms with E-state index in [2.05, 4.69) is 20.8 Å². The highest BCUT2D eigenvalue weighted by molar-refractivity contribution is 8.00. The minimum absolute atomic E-state index is 0.155. The van der Waals surface area contributed by atoms with Crippen molar-refractivity contribution in [3.05, 3.63) is 54.1 Å². The molecule has 1 atom stereocenters. The summed E-state index contributed by atoms with van der Waals surface area (Å²) in [5.41, 5.74) is 2.63. The number of nitrogens with one attached hydrogen (secondary N) is 1. The van der Waals surface area contributed by atoms with Crippen LogP contribution in [0.25, 0.3) is 5.69 Å². The van der Waals surface area contributed by atoms with E-state index >= 15 is 0 Å². The van der Waals surface area contributed by atoms with Crippen molar-refractivity contribution in [1.82, 2.24) is 20.2 Å². The number of aryl methyl sites for hydroxylation is 1. The van der Waals surface area contributed by atoms with Gasteiger partial charge in [0, 0.05) is 0 Å². The normalized spacial score (nSPS) is 11.8. The van der Waals surface area contributed by atoms with E-state index in [9.17, 15) is 4.79 Å². The van der Waals surface area contributed by atoms with E-state index < -0.39 is 5.25 Å². The van der Waals surface area contributed by atoms with E-state index in [4.69, 9.17) is 4.74 Å². The Morgan fingerprint density at radius 2 is 1.92 bits per heavy atom. The molecule has 0 fully saturated rings. The SMILES string of the molecule is COc1ccccc1NC(=O)[C@@H](C)Sc1nnnn1-c1ccc(C)cc1. The Hall–Kier alpha value is -2.87. The molecule has 26 heavy (non-hydrogen) atoms. The maximum atomic E-state index is 12.5. The summed E-state index contributed by atoms with van der Waals surface area (Å²) in [6.07, 6.45) is 0. The van der Waals surface area contributed by atoms with Crippen LogP contribution in [0.1, 0.15) is 12.5 Å². The van der Waals surface area contributed by atoms with Crippen LogP contribution in [0.3, 0.4) is 0 Å². The molecular weight excluding hydrogens is 350 g/mol. The molecule has 8 heteroatoms. The van der Waals surface area contributed by atoms with Crippen LogP contribution in [-0.4, -0.2) is 38.5 Å². The number of tetrazole rings is 1. The number of methoxy groups -OCH3 is 1. The summed E-state index contributed by atoms with van der Waals surface area (Å²) in [4.78, 5) is 12.5. The van der Waals surface area contributed by atoms with Gasteiger partial charge < -0.3 is 10.1 Å². The Labute approximate surface area is 155 Å². The molecule has 1 N–H and O–H groups in total. The Kier molecular flexibility index (Phi) is 5.52. The molecule has 3 aromatic rings. The highest BCUT2D eigenvalue weighted by Gasteiger charge is 2.20. The first-order valence-corrected chi connectivity index (χ1v) is 8.92. The molecule has 0 saturated heterocycles. The van der Waals surface area contributed by atoms with Crippen molar-refractivity contribution in [2.24, 2.45) is 0 Å². The number of carbonyl (C=O) groups is 1. The summed E-state index contributed by atoms with van der Waals surface area (Å²) in [6, 6.07) is 15.1. The van der Waals surface area contributed by atoms with Crippen molar-refractivity contribution in [3.63, 3.8) is 0 Å². The van der Waals surface area contributed by atoms with E-state index in [0.29, 0.717) is 16.6 Å². The van der Waals surface area contributed by atoms with Crippen molar-refractivity contribution in [2.45, 2.75) is 24.3 Å². The largest absolute Gasteiger partial charge is 0.495 e. The molecule has 0 saturated carbocycles. The second-order valence-electron chi connectivity index (χ2n) is 5.66. The predicted octanol–water partition coefficient (Wildman–Crippen LogP) is 3.10. The Morgan fingerprint density at radius 1 is 1.19 bits per heavy atom.